The third-order valence-corrected chi connectivity index (χ3v) is 5.03. The molecule has 0 spiro atoms. The summed E-state index contributed by atoms with van der Waals surface area (Å²) >= 11 is 0. The van der Waals surface area contributed by atoms with Gasteiger partial charge in [0.25, 0.3) is 0 Å². The predicted octanol–water partition coefficient (Wildman–Crippen LogP) is 7.50. The molecule has 0 fully saturated rings. The fourth-order valence-corrected chi connectivity index (χ4v) is 3.57. The van der Waals surface area contributed by atoms with Crippen LogP contribution in [0.4, 0.5) is 0 Å². The fraction of sp³-hybridized carbons (Fsp3) is 0.609. The summed E-state index contributed by atoms with van der Waals surface area (Å²) in [5, 5.41) is 0. The van der Waals surface area contributed by atoms with Gasteiger partial charge in [0, 0.05) is 6.20 Å². The second kappa shape index (κ2) is 12.1. The third-order valence-electron chi connectivity index (χ3n) is 5.03. The lowest BCUT2D eigenvalue weighted by atomic mass is 9.89. The van der Waals surface area contributed by atoms with E-state index in [4.69, 9.17) is 0 Å². The Morgan fingerprint density at radius 1 is 0.917 bits per heavy atom. The molecular weight excluding hydrogens is 290 g/mol. The minimum atomic E-state index is 1.18. The van der Waals surface area contributed by atoms with Crippen molar-refractivity contribution in [3.05, 3.63) is 47.8 Å². The molecule has 1 aromatic heterocycles. The Labute approximate surface area is 149 Å². The number of unbranched alkanes of at least 4 members (excludes halogenated alkanes) is 8. The van der Waals surface area contributed by atoms with Crippen molar-refractivity contribution >= 4 is 5.57 Å². The van der Waals surface area contributed by atoms with E-state index in [1.165, 1.54) is 100 Å². The van der Waals surface area contributed by atoms with Gasteiger partial charge >= 0.3 is 0 Å². The van der Waals surface area contributed by atoms with Gasteiger partial charge in [-0.1, -0.05) is 70.1 Å². The number of nitrogens with zero attached hydrogens (tertiary/aromatic N) is 1. The summed E-state index contributed by atoms with van der Waals surface area (Å²) in [5.41, 5.74) is 4.19. The van der Waals surface area contributed by atoms with Gasteiger partial charge in [0.2, 0.25) is 0 Å². The Bertz CT molecular complexity index is 498. The number of allylic oxidation sites excluding steroid dienone is 4. The predicted molar refractivity (Wildman–Crippen MR) is 106 cm³/mol. The number of hydrogen-bond donors (Lipinski definition) is 0. The molecule has 1 aliphatic rings. The maximum atomic E-state index is 4.56. The summed E-state index contributed by atoms with van der Waals surface area (Å²) in [6.07, 6.45) is 24.2. The molecule has 0 aromatic carbocycles. The average molecular weight is 326 g/mol. The minimum Gasteiger partial charge on any atom is -0.257 e. The van der Waals surface area contributed by atoms with Gasteiger partial charge in [0.15, 0.2) is 0 Å². The molecule has 1 heterocycles. The van der Waals surface area contributed by atoms with Crippen LogP contribution in [0.25, 0.3) is 5.57 Å². The van der Waals surface area contributed by atoms with Crippen LogP contribution in [0.1, 0.15) is 96.1 Å². The van der Waals surface area contributed by atoms with Gasteiger partial charge in [0.05, 0.1) is 5.69 Å². The first-order chi connectivity index (χ1) is 11.9. The van der Waals surface area contributed by atoms with Crippen LogP contribution < -0.4 is 0 Å². The van der Waals surface area contributed by atoms with E-state index in [-0.39, 0.29) is 0 Å². The van der Waals surface area contributed by atoms with Gasteiger partial charge in [-0.05, 0) is 61.8 Å². The van der Waals surface area contributed by atoms with Crippen molar-refractivity contribution in [1.29, 1.82) is 0 Å². The fourth-order valence-electron chi connectivity index (χ4n) is 3.57. The SMILES string of the molecule is CCCCCCCCCC/C=C/C1=C(c2ccccn2)CCCC1. The van der Waals surface area contributed by atoms with Crippen LogP contribution in [0.15, 0.2) is 42.1 Å². The molecule has 1 aromatic rings. The van der Waals surface area contributed by atoms with Crippen molar-refractivity contribution in [3.63, 3.8) is 0 Å². The number of pyridine rings is 1. The average Bonchev–Trinajstić information content (AvgIpc) is 2.64. The maximum absolute atomic E-state index is 4.56. The normalized spacial score (nSPS) is 15.4. The van der Waals surface area contributed by atoms with Crippen molar-refractivity contribution < 1.29 is 0 Å². The van der Waals surface area contributed by atoms with Crippen molar-refractivity contribution in [3.8, 4) is 0 Å². The summed E-state index contributed by atoms with van der Waals surface area (Å²) in [4.78, 5) is 4.56. The first kappa shape index (κ1) is 19.0. The zero-order valence-corrected chi connectivity index (χ0v) is 15.6. The number of hydrogen-bond acceptors (Lipinski definition) is 1. The molecule has 1 aliphatic carbocycles. The minimum absolute atomic E-state index is 1.18. The third kappa shape index (κ3) is 7.03. The van der Waals surface area contributed by atoms with Crippen LogP contribution in [-0.4, -0.2) is 4.98 Å². The molecule has 0 amide bonds. The molecule has 0 N–H and O–H groups in total. The van der Waals surface area contributed by atoms with E-state index in [2.05, 4.69) is 36.2 Å². The standard InChI is InChI=1S/C23H35N/c1-2-3-4-5-6-7-8-9-10-11-16-21-17-12-13-18-22(21)23-19-14-15-20-24-23/h11,14-16,19-20H,2-10,12-13,17-18H2,1H3/b16-11+. The van der Waals surface area contributed by atoms with E-state index in [0.717, 1.165) is 0 Å². The second-order valence-corrected chi connectivity index (χ2v) is 7.09. The molecule has 0 unspecified atom stereocenters. The van der Waals surface area contributed by atoms with Gasteiger partial charge in [-0.2, -0.15) is 0 Å². The van der Waals surface area contributed by atoms with E-state index >= 15 is 0 Å². The summed E-state index contributed by atoms with van der Waals surface area (Å²) in [6, 6.07) is 6.27. The van der Waals surface area contributed by atoms with Crippen molar-refractivity contribution in [1.82, 2.24) is 4.98 Å². The highest BCUT2D eigenvalue weighted by molar-refractivity contribution is 5.69. The smallest absolute Gasteiger partial charge is 0.0664 e. The van der Waals surface area contributed by atoms with Crippen molar-refractivity contribution in [2.24, 2.45) is 0 Å². The number of rotatable bonds is 11. The van der Waals surface area contributed by atoms with E-state index in [0.29, 0.717) is 0 Å². The molecule has 1 heteroatoms. The highest BCUT2D eigenvalue weighted by Gasteiger charge is 2.12. The van der Waals surface area contributed by atoms with Gasteiger partial charge < -0.3 is 0 Å². The molecule has 0 aliphatic heterocycles. The molecule has 1 nitrogen and oxygen atoms in total. The van der Waals surface area contributed by atoms with Crippen molar-refractivity contribution in [2.75, 3.05) is 0 Å². The Kier molecular flexibility index (Phi) is 9.53. The molecule has 0 radical (unpaired) electrons. The van der Waals surface area contributed by atoms with Gasteiger partial charge in [-0.3, -0.25) is 4.98 Å². The topological polar surface area (TPSA) is 12.9 Å². The lowest BCUT2D eigenvalue weighted by Gasteiger charge is -2.17. The highest BCUT2D eigenvalue weighted by Crippen LogP contribution is 2.32. The van der Waals surface area contributed by atoms with E-state index < -0.39 is 0 Å². The summed E-state index contributed by atoms with van der Waals surface area (Å²) < 4.78 is 0. The molecular formula is C23H35N. The Morgan fingerprint density at radius 3 is 2.42 bits per heavy atom. The van der Waals surface area contributed by atoms with E-state index in [9.17, 15) is 0 Å². The van der Waals surface area contributed by atoms with Crippen molar-refractivity contribution in [2.45, 2.75) is 90.4 Å². The first-order valence-electron chi connectivity index (χ1n) is 10.2. The summed E-state index contributed by atoms with van der Waals surface area (Å²) in [6.45, 7) is 2.29. The second-order valence-electron chi connectivity index (χ2n) is 7.09. The molecule has 24 heavy (non-hydrogen) atoms. The molecule has 0 saturated carbocycles. The largest absolute Gasteiger partial charge is 0.257 e. The molecule has 0 bridgehead atoms. The first-order valence-corrected chi connectivity index (χ1v) is 10.2. The monoisotopic (exact) mass is 325 g/mol. The van der Waals surface area contributed by atoms with Gasteiger partial charge in [-0.25, -0.2) is 0 Å². The maximum Gasteiger partial charge on any atom is 0.0664 e. The summed E-state index contributed by atoms with van der Waals surface area (Å²) in [7, 11) is 0. The van der Waals surface area contributed by atoms with Crippen LogP contribution >= 0.6 is 0 Å². The molecule has 0 saturated heterocycles. The number of aromatic nitrogens is 1. The van der Waals surface area contributed by atoms with Crippen LogP contribution in [-0.2, 0) is 0 Å². The van der Waals surface area contributed by atoms with Gasteiger partial charge in [0.1, 0.15) is 0 Å². The molecule has 0 atom stereocenters. The zero-order valence-electron chi connectivity index (χ0n) is 15.6. The Balaban J connectivity index is 1.71. The van der Waals surface area contributed by atoms with E-state index in [1.807, 2.05) is 12.3 Å². The van der Waals surface area contributed by atoms with Crippen LogP contribution in [0.5, 0.6) is 0 Å². The summed E-state index contributed by atoms with van der Waals surface area (Å²) in [5.74, 6) is 0. The lowest BCUT2D eigenvalue weighted by Crippen LogP contribution is -1.99. The van der Waals surface area contributed by atoms with Crippen LogP contribution in [0.3, 0.4) is 0 Å². The van der Waals surface area contributed by atoms with Crippen LogP contribution in [0, 0.1) is 0 Å². The molecule has 132 valence electrons. The Morgan fingerprint density at radius 2 is 1.67 bits per heavy atom. The highest BCUT2D eigenvalue weighted by atomic mass is 14.7. The quantitative estimate of drug-likeness (QED) is 0.384. The van der Waals surface area contributed by atoms with Gasteiger partial charge in [-0.15, -0.1) is 0 Å². The molecule has 2 rings (SSSR count). The van der Waals surface area contributed by atoms with Crippen LogP contribution in [0.2, 0.25) is 0 Å². The Hall–Kier alpha value is -1.37. The van der Waals surface area contributed by atoms with E-state index in [1.54, 1.807) is 0 Å². The zero-order chi connectivity index (χ0) is 16.9. The lowest BCUT2D eigenvalue weighted by molar-refractivity contribution is 0.577.